The van der Waals surface area contributed by atoms with Crippen molar-refractivity contribution in [1.82, 2.24) is 19.9 Å². The van der Waals surface area contributed by atoms with Crippen LogP contribution in [-0.2, 0) is 11.3 Å². The minimum absolute atomic E-state index is 0.0832. The number of hydrogen-bond donors (Lipinski definition) is 2. The van der Waals surface area contributed by atoms with Gasteiger partial charge in [-0.25, -0.2) is 4.79 Å². The maximum atomic E-state index is 12.2. The van der Waals surface area contributed by atoms with Crippen molar-refractivity contribution in [3.8, 4) is 11.5 Å². The van der Waals surface area contributed by atoms with E-state index in [1.54, 1.807) is 38.4 Å². The van der Waals surface area contributed by atoms with E-state index in [0.717, 1.165) is 5.75 Å². The lowest BCUT2D eigenvalue weighted by Gasteiger charge is -2.09. The molecule has 0 fully saturated rings. The molecular formula is C19H20N6O3. The molecule has 0 atom stereocenters. The minimum Gasteiger partial charge on any atom is -0.457 e. The summed E-state index contributed by atoms with van der Waals surface area (Å²) < 4.78 is 5.71. The maximum Gasteiger partial charge on any atom is 0.322 e. The van der Waals surface area contributed by atoms with Gasteiger partial charge in [-0.3, -0.25) is 10.1 Å². The summed E-state index contributed by atoms with van der Waals surface area (Å²) in [6.45, 7) is -0.0832. The highest BCUT2D eigenvalue weighted by Gasteiger charge is 2.10. The zero-order valence-corrected chi connectivity index (χ0v) is 15.5. The fraction of sp³-hybridized carbons (Fsp3) is 0.158. The molecule has 9 nitrogen and oxygen atoms in total. The molecule has 144 valence electrons. The van der Waals surface area contributed by atoms with Crippen molar-refractivity contribution in [3.63, 3.8) is 0 Å². The van der Waals surface area contributed by atoms with Gasteiger partial charge in [0.25, 0.3) is 0 Å². The highest BCUT2D eigenvalue weighted by Crippen LogP contribution is 2.22. The van der Waals surface area contributed by atoms with Crippen LogP contribution in [0.3, 0.4) is 0 Å². The molecule has 1 heterocycles. The number of ether oxygens (including phenoxy) is 1. The van der Waals surface area contributed by atoms with Gasteiger partial charge >= 0.3 is 6.03 Å². The van der Waals surface area contributed by atoms with Gasteiger partial charge in [-0.05, 0) is 36.4 Å². The number of nitrogens with zero attached hydrogens (tertiary/aromatic N) is 4. The molecule has 1 aromatic heterocycles. The van der Waals surface area contributed by atoms with Crippen LogP contribution < -0.4 is 15.4 Å². The van der Waals surface area contributed by atoms with Gasteiger partial charge in [-0.15, -0.1) is 5.10 Å². The minimum atomic E-state index is -0.325. The van der Waals surface area contributed by atoms with Gasteiger partial charge in [0.05, 0.1) is 6.20 Å². The quantitative estimate of drug-likeness (QED) is 0.685. The molecule has 0 aliphatic heterocycles. The Balaban J connectivity index is 1.52. The largest absolute Gasteiger partial charge is 0.457 e. The molecule has 3 amide bonds. The molecule has 0 unspecified atom stereocenters. The number of nitrogens with one attached hydrogen (secondary N) is 2. The Morgan fingerprint density at radius 2 is 1.68 bits per heavy atom. The van der Waals surface area contributed by atoms with E-state index >= 15 is 0 Å². The van der Waals surface area contributed by atoms with Crippen molar-refractivity contribution >= 4 is 23.4 Å². The molecule has 0 saturated carbocycles. The van der Waals surface area contributed by atoms with Crippen LogP contribution >= 0.6 is 0 Å². The van der Waals surface area contributed by atoms with Crippen molar-refractivity contribution < 1.29 is 14.3 Å². The first kappa shape index (κ1) is 18.9. The average Bonchev–Trinajstić information content (AvgIpc) is 3.10. The van der Waals surface area contributed by atoms with Crippen LogP contribution in [0.5, 0.6) is 11.5 Å². The predicted octanol–water partition coefficient (Wildman–Crippen LogP) is 2.80. The number of rotatable bonds is 6. The lowest BCUT2D eigenvalue weighted by Crippen LogP contribution is -2.27. The highest BCUT2D eigenvalue weighted by molar-refractivity contribution is 5.90. The number of benzene rings is 2. The lowest BCUT2D eigenvalue weighted by molar-refractivity contribution is -0.117. The van der Waals surface area contributed by atoms with Gasteiger partial charge in [0.2, 0.25) is 5.91 Å². The maximum absolute atomic E-state index is 12.2. The van der Waals surface area contributed by atoms with Crippen LogP contribution in [-0.4, -0.2) is 45.9 Å². The van der Waals surface area contributed by atoms with Crippen molar-refractivity contribution in [2.24, 2.45) is 0 Å². The molecule has 2 aromatic carbocycles. The second-order valence-electron chi connectivity index (χ2n) is 6.07. The van der Waals surface area contributed by atoms with E-state index in [4.69, 9.17) is 4.74 Å². The normalized spacial score (nSPS) is 10.2. The molecule has 3 rings (SSSR count). The fourth-order valence-electron chi connectivity index (χ4n) is 2.21. The fourth-order valence-corrected chi connectivity index (χ4v) is 2.21. The molecule has 0 aliphatic rings. The number of aromatic nitrogens is 3. The third-order valence-electron chi connectivity index (χ3n) is 3.58. The van der Waals surface area contributed by atoms with Crippen LogP contribution in [0.15, 0.2) is 60.8 Å². The van der Waals surface area contributed by atoms with Gasteiger partial charge < -0.3 is 15.0 Å². The lowest BCUT2D eigenvalue weighted by atomic mass is 10.3. The molecule has 0 saturated heterocycles. The monoisotopic (exact) mass is 380 g/mol. The Morgan fingerprint density at radius 3 is 2.36 bits per heavy atom. The number of amides is 3. The molecule has 28 heavy (non-hydrogen) atoms. The van der Waals surface area contributed by atoms with Crippen molar-refractivity contribution in [2.75, 3.05) is 24.7 Å². The summed E-state index contributed by atoms with van der Waals surface area (Å²) in [7, 11) is 3.23. The molecular weight excluding hydrogens is 360 g/mol. The topological polar surface area (TPSA) is 101 Å². The number of hydrogen-bond acceptors (Lipinski definition) is 5. The van der Waals surface area contributed by atoms with Gasteiger partial charge in [-0.1, -0.05) is 18.2 Å². The molecule has 2 N–H and O–H groups in total. The van der Waals surface area contributed by atoms with E-state index < -0.39 is 0 Å². The van der Waals surface area contributed by atoms with Crippen molar-refractivity contribution in [3.05, 3.63) is 60.8 Å². The van der Waals surface area contributed by atoms with Gasteiger partial charge in [-0.2, -0.15) is 9.90 Å². The van der Waals surface area contributed by atoms with E-state index in [1.807, 2.05) is 30.3 Å². The van der Waals surface area contributed by atoms with Crippen LogP contribution in [0, 0.1) is 0 Å². The zero-order valence-electron chi connectivity index (χ0n) is 15.5. The summed E-state index contributed by atoms with van der Waals surface area (Å²) in [6.07, 6.45) is 1.38. The van der Waals surface area contributed by atoms with Crippen LogP contribution in [0.1, 0.15) is 0 Å². The SMILES string of the molecule is CN(C)C(=O)Nc1cnn(CC(=O)Nc2ccc(Oc3ccccc3)cc2)n1. The first-order chi connectivity index (χ1) is 13.5. The summed E-state index contributed by atoms with van der Waals surface area (Å²) in [5.41, 5.74) is 0.624. The van der Waals surface area contributed by atoms with Crippen LogP contribution in [0.2, 0.25) is 0 Å². The van der Waals surface area contributed by atoms with Crippen LogP contribution in [0.25, 0.3) is 0 Å². The molecule has 3 aromatic rings. The highest BCUT2D eigenvalue weighted by atomic mass is 16.5. The molecule has 0 spiro atoms. The third-order valence-corrected chi connectivity index (χ3v) is 3.58. The zero-order chi connectivity index (χ0) is 19.9. The summed E-state index contributed by atoms with van der Waals surface area (Å²) >= 11 is 0. The molecule has 0 radical (unpaired) electrons. The number of urea groups is 1. The van der Waals surface area contributed by atoms with Gasteiger partial charge in [0.15, 0.2) is 5.82 Å². The summed E-state index contributed by atoms with van der Waals surface area (Å²) in [5, 5.41) is 13.3. The Labute approximate surface area is 161 Å². The van der Waals surface area contributed by atoms with E-state index in [0.29, 0.717) is 11.4 Å². The third kappa shape index (κ3) is 5.31. The number of anilines is 2. The van der Waals surface area contributed by atoms with E-state index in [2.05, 4.69) is 20.8 Å². The van der Waals surface area contributed by atoms with Crippen molar-refractivity contribution in [1.29, 1.82) is 0 Å². The van der Waals surface area contributed by atoms with E-state index in [9.17, 15) is 9.59 Å². The van der Waals surface area contributed by atoms with Crippen LogP contribution in [0.4, 0.5) is 16.3 Å². The number of para-hydroxylation sites is 1. The number of carbonyl (C=O) groups is 2. The van der Waals surface area contributed by atoms with Gasteiger partial charge in [0.1, 0.15) is 18.0 Å². The first-order valence-corrected chi connectivity index (χ1v) is 8.51. The predicted molar refractivity (Wildman–Crippen MR) is 104 cm³/mol. The first-order valence-electron chi connectivity index (χ1n) is 8.51. The Morgan fingerprint density at radius 1 is 1.00 bits per heavy atom. The summed E-state index contributed by atoms with van der Waals surface area (Å²) in [4.78, 5) is 26.3. The Kier molecular flexibility index (Phi) is 5.85. The standard InChI is InChI=1S/C19H20N6O3/c1-24(2)19(27)22-17-12-20-25(23-17)13-18(26)21-14-8-10-16(11-9-14)28-15-6-4-3-5-7-15/h3-12H,13H2,1-2H3,(H,21,26)(H,22,23,27). The summed E-state index contributed by atoms with van der Waals surface area (Å²) in [6, 6.07) is 16.1. The number of carbonyl (C=O) groups excluding carboxylic acids is 2. The molecule has 0 bridgehead atoms. The molecule has 9 heteroatoms. The second kappa shape index (κ2) is 8.67. The Bertz CT molecular complexity index is 938. The van der Waals surface area contributed by atoms with Crippen molar-refractivity contribution in [2.45, 2.75) is 6.54 Å². The van der Waals surface area contributed by atoms with E-state index in [-0.39, 0.29) is 24.3 Å². The molecule has 0 aliphatic carbocycles. The summed E-state index contributed by atoms with van der Waals surface area (Å²) in [5.74, 6) is 1.38. The van der Waals surface area contributed by atoms with Gasteiger partial charge in [0, 0.05) is 19.8 Å². The average molecular weight is 380 g/mol. The second-order valence-corrected chi connectivity index (χ2v) is 6.07. The Hall–Kier alpha value is -3.88. The smallest absolute Gasteiger partial charge is 0.322 e. The van der Waals surface area contributed by atoms with E-state index in [1.165, 1.54) is 15.9 Å².